The lowest BCUT2D eigenvalue weighted by Crippen LogP contribution is -2.45. The Morgan fingerprint density at radius 2 is 2.04 bits per heavy atom. The average molecular weight is 355 g/mol. The normalized spacial score (nSPS) is 31.0. The molecule has 2 fully saturated rings. The van der Waals surface area contributed by atoms with Crippen LogP contribution in [-0.2, 0) is 9.53 Å². The Morgan fingerprint density at radius 3 is 2.60 bits per heavy atom. The number of aliphatic hydroxyl groups excluding tert-OH is 1. The molecule has 0 aromatic carbocycles. The van der Waals surface area contributed by atoms with Gasteiger partial charge in [0, 0.05) is 32.7 Å². The van der Waals surface area contributed by atoms with E-state index < -0.39 is 0 Å². The quantitative estimate of drug-likeness (QED) is 0.763. The van der Waals surface area contributed by atoms with Gasteiger partial charge in [-0.3, -0.25) is 9.69 Å². The summed E-state index contributed by atoms with van der Waals surface area (Å²) < 4.78 is 5.39. The molecule has 0 spiro atoms. The second-order valence-corrected chi connectivity index (χ2v) is 9.11. The fraction of sp³-hybridized carbons (Fsp3) is 0.950. The number of hydrogen-bond acceptors (Lipinski definition) is 4. The van der Waals surface area contributed by atoms with Gasteiger partial charge in [-0.05, 0) is 36.6 Å². The fourth-order valence-electron chi connectivity index (χ4n) is 4.63. The average Bonchev–Trinajstić information content (AvgIpc) is 3.11. The lowest BCUT2D eigenvalue weighted by atomic mass is 9.88. The molecule has 0 saturated carbocycles. The molecule has 0 unspecified atom stereocenters. The molecule has 4 atom stereocenters. The van der Waals surface area contributed by atoms with E-state index >= 15 is 0 Å². The van der Waals surface area contributed by atoms with Crippen molar-refractivity contribution in [3.05, 3.63) is 0 Å². The van der Waals surface area contributed by atoms with E-state index in [1.54, 1.807) is 7.11 Å². The molecule has 2 aliphatic rings. The topological polar surface area (TPSA) is 53.0 Å². The Kier molecular flexibility index (Phi) is 7.29. The highest BCUT2D eigenvalue weighted by molar-refractivity contribution is 5.77. The van der Waals surface area contributed by atoms with Crippen LogP contribution in [-0.4, -0.2) is 72.9 Å². The van der Waals surface area contributed by atoms with Crippen LogP contribution >= 0.6 is 0 Å². The molecule has 5 heteroatoms. The van der Waals surface area contributed by atoms with E-state index in [4.69, 9.17) is 4.74 Å². The van der Waals surface area contributed by atoms with Crippen LogP contribution in [0, 0.1) is 17.3 Å². The number of hydrogen-bond donors (Lipinski definition) is 1. The van der Waals surface area contributed by atoms with Crippen molar-refractivity contribution >= 4 is 5.91 Å². The minimum absolute atomic E-state index is 0.0185. The molecule has 0 bridgehead atoms. The van der Waals surface area contributed by atoms with Crippen LogP contribution in [0.1, 0.15) is 53.4 Å². The van der Waals surface area contributed by atoms with Gasteiger partial charge in [0.1, 0.15) is 0 Å². The third kappa shape index (κ3) is 5.18. The zero-order valence-electron chi connectivity index (χ0n) is 16.8. The minimum Gasteiger partial charge on any atom is -0.394 e. The van der Waals surface area contributed by atoms with E-state index in [-0.39, 0.29) is 24.0 Å². The largest absolute Gasteiger partial charge is 0.394 e. The van der Waals surface area contributed by atoms with Crippen LogP contribution in [0.3, 0.4) is 0 Å². The molecule has 146 valence electrons. The molecule has 2 aliphatic heterocycles. The highest BCUT2D eigenvalue weighted by Crippen LogP contribution is 2.36. The molecule has 2 rings (SSSR count). The van der Waals surface area contributed by atoms with Crippen molar-refractivity contribution in [1.82, 2.24) is 9.80 Å². The van der Waals surface area contributed by atoms with Gasteiger partial charge in [0.15, 0.2) is 0 Å². The Labute approximate surface area is 153 Å². The maximum Gasteiger partial charge on any atom is 0.223 e. The molecule has 0 aliphatic carbocycles. The van der Waals surface area contributed by atoms with E-state index in [9.17, 15) is 9.90 Å². The molecule has 2 heterocycles. The zero-order valence-corrected chi connectivity index (χ0v) is 16.8. The van der Waals surface area contributed by atoms with Gasteiger partial charge in [0.05, 0.1) is 19.3 Å². The first kappa shape index (κ1) is 20.7. The summed E-state index contributed by atoms with van der Waals surface area (Å²) in [5.74, 6) is 1.03. The molecule has 25 heavy (non-hydrogen) atoms. The van der Waals surface area contributed by atoms with Gasteiger partial charge in [-0.15, -0.1) is 0 Å². The fourth-order valence-corrected chi connectivity index (χ4v) is 4.63. The molecule has 0 aromatic rings. The first-order valence-electron chi connectivity index (χ1n) is 9.94. The van der Waals surface area contributed by atoms with Gasteiger partial charge in [0.25, 0.3) is 0 Å². The lowest BCUT2D eigenvalue weighted by Gasteiger charge is -2.33. The Balaban J connectivity index is 2.09. The summed E-state index contributed by atoms with van der Waals surface area (Å²) in [4.78, 5) is 17.3. The van der Waals surface area contributed by atoms with E-state index in [1.165, 1.54) is 12.8 Å². The van der Waals surface area contributed by atoms with Crippen LogP contribution in [0.15, 0.2) is 0 Å². The molecular formula is C20H38N2O3. The van der Waals surface area contributed by atoms with Gasteiger partial charge in [-0.1, -0.05) is 34.1 Å². The third-order valence-corrected chi connectivity index (χ3v) is 5.95. The molecule has 0 aromatic heterocycles. The smallest absolute Gasteiger partial charge is 0.223 e. The van der Waals surface area contributed by atoms with Gasteiger partial charge >= 0.3 is 0 Å². The first-order valence-corrected chi connectivity index (χ1v) is 9.94. The summed E-state index contributed by atoms with van der Waals surface area (Å²) in [5, 5.41) is 10.1. The van der Waals surface area contributed by atoms with Crippen molar-refractivity contribution in [3.63, 3.8) is 0 Å². The second-order valence-electron chi connectivity index (χ2n) is 9.11. The standard InChI is InChI=1S/C20H38N2O3/c1-6-15-11-22(19(24)10-20(2,3)4)18(13-23)17(15)12-21-9-7-8-16(21)14-25-5/h15-18,23H,6-14H2,1-5H3/t15-,16-,17-,18-/m1/s1. The van der Waals surface area contributed by atoms with Crippen LogP contribution < -0.4 is 0 Å². The molecule has 2 saturated heterocycles. The number of carbonyl (C=O) groups excluding carboxylic acids is 1. The summed E-state index contributed by atoms with van der Waals surface area (Å²) in [7, 11) is 1.77. The Hall–Kier alpha value is -0.650. The SMILES string of the molecule is CC[C@@H]1CN(C(=O)CC(C)(C)C)[C@H](CO)[C@@H]1CN1CCC[C@@H]1COC. The van der Waals surface area contributed by atoms with Crippen LogP contribution in [0.4, 0.5) is 0 Å². The van der Waals surface area contributed by atoms with Crippen molar-refractivity contribution < 1.29 is 14.6 Å². The number of ether oxygens (including phenoxy) is 1. The van der Waals surface area contributed by atoms with Crippen LogP contribution in [0.25, 0.3) is 0 Å². The minimum atomic E-state index is -0.0383. The number of aliphatic hydroxyl groups is 1. The summed E-state index contributed by atoms with van der Waals surface area (Å²) in [6.45, 7) is 12.2. The number of likely N-dealkylation sites (tertiary alicyclic amines) is 2. The summed E-state index contributed by atoms with van der Waals surface area (Å²) in [6, 6.07) is 0.449. The van der Waals surface area contributed by atoms with Gasteiger partial charge in [-0.25, -0.2) is 0 Å². The molecule has 1 amide bonds. The number of rotatable bonds is 7. The summed E-state index contributed by atoms with van der Waals surface area (Å²) in [5.41, 5.74) is -0.0185. The molecule has 5 nitrogen and oxygen atoms in total. The maximum atomic E-state index is 12.8. The first-order chi connectivity index (χ1) is 11.8. The zero-order chi connectivity index (χ0) is 18.6. The van der Waals surface area contributed by atoms with Gasteiger partial charge in [-0.2, -0.15) is 0 Å². The van der Waals surface area contributed by atoms with Crippen molar-refractivity contribution in [2.45, 2.75) is 65.5 Å². The van der Waals surface area contributed by atoms with Crippen LogP contribution in [0.2, 0.25) is 0 Å². The van der Waals surface area contributed by atoms with E-state index in [2.05, 4.69) is 32.6 Å². The van der Waals surface area contributed by atoms with Crippen molar-refractivity contribution in [2.75, 3.05) is 40.0 Å². The van der Waals surface area contributed by atoms with E-state index in [0.717, 1.165) is 32.7 Å². The second kappa shape index (κ2) is 8.83. The maximum absolute atomic E-state index is 12.8. The van der Waals surface area contributed by atoms with E-state index in [0.29, 0.717) is 24.3 Å². The number of amides is 1. The lowest BCUT2D eigenvalue weighted by molar-refractivity contribution is -0.135. The number of nitrogens with zero attached hydrogens (tertiary/aromatic N) is 2. The van der Waals surface area contributed by atoms with Crippen LogP contribution in [0.5, 0.6) is 0 Å². The molecule has 1 N–H and O–H groups in total. The predicted octanol–water partition coefficient (Wildman–Crippen LogP) is 2.38. The number of carbonyl (C=O) groups is 1. The third-order valence-electron chi connectivity index (χ3n) is 5.95. The van der Waals surface area contributed by atoms with Crippen molar-refractivity contribution in [3.8, 4) is 0 Å². The number of methoxy groups -OCH3 is 1. The summed E-state index contributed by atoms with van der Waals surface area (Å²) in [6.07, 6.45) is 4.01. The highest BCUT2D eigenvalue weighted by Gasteiger charge is 2.44. The Morgan fingerprint density at radius 1 is 1.32 bits per heavy atom. The molecular weight excluding hydrogens is 316 g/mol. The van der Waals surface area contributed by atoms with Gasteiger partial charge in [0.2, 0.25) is 5.91 Å². The molecule has 0 radical (unpaired) electrons. The van der Waals surface area contributed by atoms with Crippen molar-refractivity contribution in [2.24, 2.45) is 17.3 Å². The van der Waals surface area contributed by atoms with E-state index in [1.807, 2.05) is 4.90 Å². The predicted molar refractivity (Wildman–Crippen MR) is 100 cm³/mol. The highest BCUT2D eigenvalue weighted by atomic mass is 16.5. The van der Waals surface area contributed by atoms with Gasteiger partial charge < -0.3 is 14.7 Å². The Bertz CT molecular complexity index is 435. The monoisotopic (exact) mass is 354 g/mol. The summed E-state index contributed by atoms with van der Waals surface area (Å²) >= 11 is 0. The van der Waals surface area contributed by atoms with Crippen molar-refractivity contribution in [1.29, 1.82) is 0 Å².